The number of methoxy groups -OCH3 is 1. The van der Waals surface area contributed by atoms with Gasteiger partial charge in [0.05, 0.1) is 13.7 Å². The Morgan fingerprint density at radius 3 is 3.11 bits per heavy atom. The standard InChI is InChI=1S/C16H23NO2/c1-18-15-5-6-16-12(9-15)3-2-4-13(16)10-17-14-7-8-19-11-14/h5-6,9,13-14,17H,2-4,7-8,10-11H2,1H3/t13-,14-/m0/s1. The molecule has 1 aliphatic carbocycles. The molecule has 1 aromatic rings. The maximum absolute atomic E-state index is 5.42. The largest absolute Gasteiger partial charge is 0.497 e. The van der Waals surface area contributed by atoms with Crippen LogP contribution in [-0.4, -0.2) is 32.9 Å². The number of aryl methyl sites for hydroxylation is 1. The van der Waals surface area contributed by atoms with Crippen LogP contribution in [0.2, 0.25) is 0 Å². The molecule has 3 nitrogen and oxygen atoms in total. The summed E-state index contributed by atoms with van der Waals surface area (Å²) in [7, 11) is 1.74. The summed E-state index contributed by atoms with van der Waals surface area (Å²) < 4.78 is 10.7. The van der Waals surface area contributed by atoms with Crippen molar-refractivity contribution >= 4 is 0 Å². The number of fused-ring (bicyclic) bond motifs is 1. The third kappa shape index (κ3) is 2.93. The van der Waals surface area contributed by atoms with Crippen molar-refractivity contribution in [2.75, 3.05) is 26.9 Å². The first-order valence-electron chi connectivity index (χ1n) is 7.35. The monoisotopic (exact) mass is 261 g/mol. The first-order valence-corrected chi connectivity index (χ1v) is 7.35. The van der Waals surface area contributed by atoms with Crippen LogP contribution in [0.15, 0.2) is 18.2 Å². The van der Waals surface area contributed by atoms with Crippen LogP contribution in [0.25, 0.3) is 0 Å². The topological polar surface area (TPSA) is 30.5 Å². The molecule has 0 aromatic heterocycles. The number of ether oxygens (including phenoxy) is 2. The van der Waals surface area contributed by atoms with E-state index >= 15 is 0 Å². The summed E-state index contributed by atoms with van der Waals surface area (Å²) >= 11 is 0. The molecule has 2 aliphatic rings. The van der Waals surface area contributed by atoms with Gasteiger partial charge in [-0.15, -0.1) is 0 Å². The molecule has 0 unspecified atom stereocenters. The highest BCUT2D eigenvalue weighted by Gasteiger charge is 2.22. The van der Waals surface area contributed by atoms with Gasteiger partial charge in [0.1, 0.15) is 5.75 Å². The fraction of sp³-hybridized carbons (Fsp3) is 0.625. The zero-order valence-electron chi connectivity index (χ0n) is 11.7. The van der Waals surface area contributed by atoms with Gasteiger partial charge >= 0.3 is 0 Å². The van der Waals surface area contributed by atoms with Crippen molar-refractivity contribution in [3.63, 3.8) is 0 Å². The quantitative estimate of drug-likeness (QED) is 0.903. The highest BCUT2D eigenvalue weighted by atomic mass is 16.5. The van der Waals surface area contributed by atoms with Crippen LogP contribution in [0.4, 0.5) is 0 Å². The Kier molecular flexibility index (Phi) is 4.04. The Balaban J connectivity index is 1.67. The van der Waals surface area contributed by atoms with Crippen molar-refractivity contribution in [2.24, 2.45) is 0 Å². The molecular weight excluding hydrogens is 238 g/mol. The number of rotatable bonds is 4. The van der Waals surface area contributed by atoms with E-state index in [4.69, 9.17) is 9.47 Å². The minimum Gasteiger partial charge on any atom is -0.497 e. The van der Waals surface area contributed by atoms with E-state index in [1.54, 1.807) is 7.11 Å². The van der Waals surface area contributed by atoms with Gasteiger partial charge in [0, 0.05) is 19.2 Å². The van der Waals surface area contributed by atoms with Crippen molar-refractivity contribution in [3.8, 4) is 5.75 Å². The number of hydrogen-bond donors (Lipinski definition) is 1. The summed E-state index contributed by atoms with van der Waals surface area (Å²) in [6.45, 7) is 2.87. The molecule has 1 heterocycles. The Labute approximate surface area is 115 Å². The summed E-state index contributed by atoms with van der Waals surface area (Å²) in [5.41, 5.74) is 2.98. The van der Waals surface area contributed by atoms with E-state index in [-0.39, 0.29) is 0 Å². The van der Waals surface area contributed by atoms with Gasteiger partial charge in [0.15, 0.2) is 0 Å². The predicted octanol–water partition coefficient (Wildman–Crippen LogP) is 2.49. The molecular formula is C16H23NO2. The number of nitrogens with one attached hydrogen (secondary N) is 1. The summed E-state index contributed by atoms with van der Waals surface area (Å²) in [6.07, 6.45) is 4.92. The zero-order chi connectivity index (χ0) is 13.1. The molecule has 1 aliphatic heterocycles. The summed E-state index contributed by atoms with van der Waals surface area (Å²) in [6, 6.07) is 7.12. The molecule has 19 heavy (non-hydrogen) atoms. The predicted molar refractivity (Wildman–Crippen MR) is 75.9 cm³/mol. The van der Waals surface area contributed by atoms with Crippen molar-refractivity contribution < 1.29 is 9.47 Å². The van der Waals surface area contributed by atoms with Gasteiger partial charge < -0.3 is 14.8 Å². The third-order valence-electron chi connectivity index (χ3n) is 4.37. The molecule has 0 radical (unpaired) electrons. The van der Waals surface area contributed by atoms with Gasteiger partial charge in [0.25, 0.3) is 0 Å². The molecule has 0 bridgehead atoms. The second kappa shape index (κ2) is 5.93. The maximum Gasteiger partial charge on any atom is 0.119 e. The molecule has 1 N–H and O–H groups in total. The van der Waals surface area contributed by atoms with Crippen molar-refractivity contribution in [1.29, 1.82) is 0 Å². The minimum atomic E-state index is 0.559. The zero-order valence-corrected chi connectivity index (χ0v) is 11.7. The van der Waals surface area contributed by atoms with E-state index in [1.807, 2.05) is 0 Å². The van der Waals surface area contributed by atoms with Gasteiger partial charge in [0.2, 0.25) is 0 Å². The van der Waals surface area contributed by atoms with Crippen LogP contribution in [-0.2, 0) is 11.2 Å². The average Bonchev–Trinajstić information content (AvgIpc) is 2.97. The van der Waals surface area contributed by atoms with Gasteiger partial charge in [-0.25, -0.2) is 0 Å². The SMILES string of the molecule is COc1ccc2c(c1)CCC[C@H]2CN[C@H]1CCOC1. The second-order valence-corrected chi connectivity index (χ2v) is 5.62. The van der Waals surface area contributed by atoms with Crippen molar-refractivity contribution in [1.82, 2.24) is 5.32 Å². The second-order valence-electron chi connectivity index (χ2n) is 5.62. The van der Waals surface area contributed by atoms with Crippen LogP contribution < -0.4 is 10.1 Å². The first kappa shape index (κ1) is 12.9. The molecule has 3 rings (SSSR count). The maximum atomic E-state index is 5.42. The van der Waals surface area contributed by atoms with E-state index in [2.05, 4.69) is 23.5 Å². The molecule has 2 atom stereocenters. The molecule has 104 valence electrons. The highest BCUT2D eigenvalue weighted by Crippen LogP contribution is 2.33. The van der Waals surface area contributed by atoms with E-state index in [1.165, 1.54) is 30.4 Å². The average molecular weight is 261 g/mol. The molecule has 0 spiro atoms. The fourth-order valence-electron chi connectivity index (χ4n) is 3.23. The van der Waals surface area contributed by atoms with Crippen LogP contribution >= 0.6 is 0 Å². The summed E-state index contributed by atoms with van der Waals surface area (Å²) in [5.74, 6) is 1.63. The lowest BCUT2D eigenvalue weighted by molar-refractivity contribution is 0.189. The van der Waals surface area contributed by atoms with Crippen LogP contribution in [0.5, 0.6) is 5.75 Å². The molecule has 0 amide bonds. The highest BCUT2D eigenvalue weighted by molar-refractivity contribution is 5.39. The summed E-state index contributed by atoms with van der Waals surface area (Å²) in [5, 5.41) is 3.66. The lowest BCUT2D eigenvalue weighted by Crippen LogP contribution is -2.33. The molecule has 3 heteroatoms. The van der Waals surface area contributed by atoms with E-state index < -0.39 is 0 Å². The van der Waals surface area contributed by atoms with Gasteiger partial charge in [-0.3, -0.25) is 0 Å². The van der Waals surface area contributed by atoms with Gasteiger partial charge in [-0.05, 0) is 54.9 Å². The van der Waals surface area contributed by atoms with Crippen molar-refractivity contribution in [3.05, 3.63) is 29.3 Å². The van der Waals surface area contributed by atoms with E-state index in [0.717, 1.165) is 31.9 Å². The van der Waals surface area contributed by atoms with Gasteiger partial charge in [-0.1, -0.05) is 6.07 Å². The van der Waals surface area contributed by atoms with E-state index in [0.29, 0.717) is 12.0 Å². The Morgan fingerprint density at radius 2 is 2.32 bits per heavy atom. The lowest BCUT2D eigenvalue weighted by atomic mass is 9.82. The Morgan fingerprint density at radius 1 is 1.37 bits per heavy atom. The smallest absolute Gasteiger partial charge is 0.119 e. The van der Waals surface area contributed by atoms with Crippen LogP contribution in [0.1, 0.15) is 36.3 Å². The summed E-state index contributed by atoms with van der Waals surface area (Å²) in [4.78, 5) is 0. The third-order valence-corrected chi connectivity index (χ3v) is 4.37. The van der Waals surface area contributed by atoms with E-state index in [9.17, 15) is 0 Å². The Hall–Kier alpha value is -1.06. The molecule has 1 fully saturated rings. The normalized spacial score (nSPS) is 26.2. The number of benzene rings is 1. The number of hydrogen-bond acceptors (Lipinski definition) is 3. The van der Waals surface area contributed by atoms with Gasteiger partial charge in [-0.2, -0.15) is 0 Å². The lowest BCUT2D eigenvalue weighted by Gasteiger charge is -2.27. The molecule has 1 aromatic carbocycles. The van der Waals surface area contributed by atoms with Crippen LogP contribution in [0.3, 0.4) is 0 Å². The fourth-order valence-corrected chi connectivity index (χ4v) is 3.23. The van der Waals surface area contributed by atoms with Crippen LogP contribution in [0, 0.1) is 0 Å². The molecule has 0 saturated carbocycles. The molecule has 1 saturated heterocycles. The minimum absolute atomic E-state index is 0.559. The Bertz CT molecular complexity index is 427. The first-order chi connectivity index (χ1) is 9.36. The van der Waals surface area contributed by atoms with Crippen molar-refractivity contribution in [2.45, 2.75) is 37.6 Å².